The molecule has 0 N–H and O–H groups in total. The molecule has 6 nitrogen and oxygen atoms in total. The van der Waals surface area contributed by atoms with E-state index in [0.717, 1.165) is 24.5 Å². The Balaban J connectivity index is 2.04. The fourth-order valence-electron chi connectivity index (χ4n) is 1.59. The van der Waals surface area contributed by atoms with E-state index < -0.39 is 0 Å². The van der Waals surface area contributed by atoms with Gasteiger partial charge >= 0.3 is 0 Å². The molecule has 0 saturated carbocycles. The highest BCUT2D eigenvalue weighted by Gasteiger charge is 2.23. The highest BCUT2D eigenvalue weighted by molar-refractivity contribution is 7.15. The summed E-state index contributed by atoms with van der Waals surface area (Å²) in [4.78, 5) is 13.0. The average Bonchev–Trinajstić information content (AvgIpc) is 2.98. The van der Waals surface area contributed by atoms with E-state index in [0.29, 0.717) is 5.13 Å². The molecule has 0 aromatic carbocycles. The van der Waals surface area contributed by atoms with Crippen molar-refractivity contribution in [3.05, 3.63) is 5.01 Å². The van der Waals surface area contributed by atoms with E-state index in [1.807, 2.05) is 0 Å². The number of amides is 1. The van der Waals surface area contributed by atoms with Gasteiger partial charge in [-0.3, -0.25) is 9.69 Å². The number of anilines is 1. The molecule has 2 heterocycles. The van der Waals surface area contributed by atoms with E-state index >= 15 is 0 Å². The monoisotopic (exact) mass is 257 g/mol. The predicted molar refractivity (Wildman–Crippen MR) is 63.1 cm³/mol. The summed E-state index contributed by atoms with van der Waals surface area (Å²) >= 11 is 1.39. The predicted octanol–water partition coefficient (Wildman–Crippen LogP) is 0.999. The van der Waals surface area contributed by atoms with Gasteiger partial charge in [-0.15, -0.1) is 10.2 Å². The molecule has 1 unspecified atom stereocenters. The van der Waals surface area contributed by atoms with Crippen LogP contribution in [-0.2, 0) is 14.3 Å². The molecule has 0 radical (unpaired) electrons. The van der Waals surface area contributed by atoms with E-state index in [2.05, 4.69) is 10.2 Å². The van der Waals surface area contributed by atoms with Crippen molar-refractivity contribution in [3.63, 3.8) is 0 Å². The number of aromatic nitrogens is 2. The number of ether oxygens (including phenoxy) is 2. The molecular formula is C10H15N3O3S. The Morgan fingerprint density at radius 3 is 3.12 bits per heavy atom. The van der Waals surface area contributed by atoms with Gasteiger partial charge in [-0.25, -0.2) is 0 Å². The number of rotatable bonds is 4. The van der Waals surface area contributed by atoms with Crippen LogP contribution in [0.4, 0.5) is 5.13 Å². The smallest absolute Gasteiger partial charge is 0.254 e. The van der Waals surface area contributed by atoms with Crippen LogP contribution in [-0.4, -0.2) is 43.5 Å². The highest BCUT2D eigenvalue weighted by Crippen LogP contribution is 2.32. The van der Waals surface area contributed by atoms with Gasteiger partial charge in [-0.05, 0) is 12.8 Å². The summed E-state index contributed by atoms with van der Waals surface area (Å²) in [6.07, 6.45) is 2.08. The van der Waals surface area contributed by atoms with Crippen molar-refractivity contribution in [2.45, 2.75) is 18.9 Å². The Morgan fingerprint density at radius 1 is 1.65 bits per heavy atom. The fourth-order valence-corrected chi connectivity index (χ4v) is 2.50. The van der Waals surface area contributed by atoms with Crippen molar-refractivity contribution < 1.29 is 14.3 Å². The van der Waals surface area contributed by atoms with Gasteiger partial charge in [0.05, 0.1) is 0 Å². The quantitative estimate of drug-likeness (QED) is 0.805. The first-order chi connectivity index (χ1) is 8.22. The van der Waals surface area contributed by atoms with Gasteiger partial charge in [-0.2, -0.15) is 0 Å². The molecule has 1 fully saturated rings. The third kappa shape index (κ3) is 2.80. The summed E-state index contributed by atoms with van der Waals surface area (Å²) in [6.45, 7) is 0.823. The number of hydrogen-bond acceptors (Lipinski definition) is 6. The number of likely N-dealkylation sites (N-methyl/N-ethyl adjacent to an activating group) is 1. The van der Waals surface area contributed by atoms with E-state index in [1.165, 1.54) is 23.3 Å². The summed E-state index contributed by atoms with van der Waals surface area (Å²) in [5, 5.41) is 9.50. The Labute approximate surface area is 104 Å². The number of carbonyl (C=O) groups is 1. The van der Waals surface area contributed by atoms with Crippen LogP contribution < -0.4 is 4.90 Å². The minimum absolute atomic E-state index is 0.0470. The zero-order chi connectivity index (χ0) is 12.3. The van der Waals surface area contributed by atoms with Crippen molar-refractivity contribution in [1.29, 1.82) is 0 Å². The van der Waals surface area contributed by atoms with E-state index in [4.69, 9.17) is 9.47 Å². The maximum atomic E-state index is 11.6. The van der Waals surface area contributed by atoms with Crippen molar-refractivity contribution in [2.24, 2.45) is 0 Å². The van der Waals surface area contributed by atoms with E-state index in [1.54, 1.807) is 7.05 Å². The van der Waals surface area contributed by atoms with Gasteiger partial charge in [0.2, 0.25) is 5.13 Å². The Kier molecular flexibility index (Phi) is 4.03. The molecule has 1 aliphatic heterocycles. The first kappa shape index (κ1) is 12.4. The maximum Gasteiger partial charge on any atom is 0.254 e. The third-order valence-electron chi connectivity index (χ3n) is 2.56. The van der Waals surface area contributed by atoms with Crippen LogP contribution in [0.15, 0.2) is 0 Å². The molecule has 0 spiro atoms. The van der Waals surface area contributed by atoms with Crippen molar-refractivity contribution in [2.75, 3.05) is 32.3 Å². The first-order valence-corrected chi connectivity index (χ1v) is 6.24. The lowest BCUT2D eigenvalue weighted by atomic mass is 10.2. The lowest BCUT2D eigenvalue weighted by Crippen LogP contribution is -2.29. The molecule has 1 amide bonds. The van der Waals surface area contributed by atoms with Crippen molar-refractivity contribution >= 4 is 22.4 Å². The lowest BCUT2D eigenvalue weighted by molar-refractivity contribution is -0.121. The lowest BCUT2D eigenvalue weighted by Gasteiger charge is -2.11. The maximum absolute atomic E-state index is 11.6. The third-order valence-corrected chi connectivity index (χ3v) is 3.66. The van der Waals surface area contributed by atoms with Gasteiger partial charge in [0.1, 0.15) is 17.7 Å². The molecular weight excluding hydrogens is 242 g/mol. The van der Waals surface area contributed by atoms with Crippen molar-refractivity contribution in [1.82, 2.24) is 10.2 Å². The van der Waals surface area contributed by atoms with Gasteiger partial charge in [0.15, 0.2) is 0 Å². The Bertz CT molecular complexity index is 390. The number of hydrogen-bond donors (Lipinski definition) is 0. The molecule has 94 valence electrons. The topological polar surface area (TPSA) is 64.5 Å². The minimum Gasteiger partial charge on any atom is -0.375 e. The van der Waals surface area contributed by atoms with Crippen LogP contribution in [0.2, 0.25) is 0 Å². The molecule has 7 heteroatoms. The minimum atomic E-state index is -0.137. The van der Waals surface area contributed by atoms with Gasteiger partial charge in [0, 0.05) is 20.8 Å². The Hall–Kier alpha value is -1.05. The van der Waals surface area contributed by atoms with Crippen LogP contribution in [0, 0.1) is 0 Å². The molecule has 0 aliphatic carbocycles. The second-order valence-electron chi connectivity index (χ2n) is 3.81. The van der Waals surface area contributed by atoms with Gasteiger partial charge in [0.25, 0.3) is 5.91 Å². The second kappa shape index (κ2) is 5.52. The number of nitrogens with zero attached hydrogens (tertiary/aromatic N) is 3. The fraction of sp³-hybridized carbons (Fsp3) is 0.700. The van der Waals surface area contributed by atoms with Crippen molar-refractivity contribution in [3.8, 4) is 0 Å². The zero-order valence-electron chi connectivity index (χ0n) is 9.88. The second-order valence-corrected chi connectivity index (χ2v) is 4.80. The summed E-state index contributed by atoms with van der Waals surface area (Å²) in [5.41, 5.74) is 0. The molecule has 2 rings (SSSR count). The van der Waals surface area contributed by atoms with Crippen LogP contribution in [0.5, 0.6) is 0 Å². The first-order valence-electron chi connectivity index (χ1n) is 5.43. The number of methoxy groups -OCH3 is 1. The van der Waals surface area contributed by atoms with Gasteiger partial charge in [-0.1, -0.05) is 11.3 Å². The van der Waals surface area contributed by atoms with Crippen LogP contribution in [0.1, 0.15) is 24.0 Å². The summed E-state index contributed by atoms with van der Waals surface area (Å²) in [6, 6.07) is 0. The zero-order valence-corrected chi connectivity index (χ0v) is 10.7. The number of carbonyl (C=O) groups excluding carboxylic acids is 1. The average molecular weight is 257 g/mol. The Morgan fingerprint density at radius 2 is 2.47 bits per heavy atom. The van der Waals surface area contributed by atoms with E-state index in [-0.39, 0.29) is 18.6 Å². The summed E-state index contributed by atoms with van der Waals surface area (Å²) in [7, 11) is 3.16. The van der Waals surface area contributed by atoms with Crippen LogP contribution in [0.25, 0.3) is 0 Å². The van der Waals surface area contributed by atoms with Crippen LogP contribution in [0.3, 0.4) is 0 Å². The molecule has 1 aliphatic rings. The largest absolute Gasteiger partial charge is 0.375 e. The molecule has 1 aromatic heterocycles. The molecule has 1 atom stereocenters. The normalized spacial score (nSPS) is 19.5. The van der Waals surface area contributed by atoms with Gasteiger partial charge < -0.3 is 9.47 Å². The molecule has 0 bridgehead atoms. The molecule has 17 heavy (non-hydrogen) atoms. The van der Waals surface area contributed by atoms with Crippen LogP contribution >= 0.6 is 11.3 Å². The van der Waals surface area contributed by atoms with E-state index in [9.17, 15) is 4.79 Å². The summed E-state index contributed by atoms with van der Waals surface area (Å²) < 4.78 is 10.3. The standard InChI is InChI=1S/C10H15N3O3S/c1-13(8(14)6-15-2)10-12-11-9(17-10)7-4-3-5-16-7/h7H,3-6H2,1-2H3. The molecule has 1 aromatic rings. The molecule has 1 saturated heterocycles. The highest BCUT2D eigenvalue weighted by atomic mass is 32.1. The summed E-state index contributed by atoms with van der Waals surface area (Å²) in [5.74, 6) is -0.137. The SMILES string of the molecule is COCC(=O)N(C)c1nnc(C2CCCO2)s1.